The Balaban J connectivity index is 2.05. The fourth-order valence-electron chi connectivity index (χ4n) is 1.53. The molecule has 0 saturated heterocycles. The predicted molar refractivity (Wildman–Crippen MR) is 69.1 cm³/mol. The summed E-state index contributed by atoms with van der Waals surface area (Å²) in [5.74, 6) is -0.465. The first kappa shape index (κ1) is 13.0. The number of nitrogens with zero attached hydrogens (tertiary/aromatic N) is 2. The monoisotopic (exact) mass is 262 g/mol. The second-order valence-corrected chi connectivity index (χ2v) is 3.86. The molecule has 0 saturated carbocycles. The van der Waals surface area contributed by atoms with Crippen LogP contribution >= 0.6 is 0 Å². The van der Waals surface area contributed by atoms with Crippen LogP contribution in [0.25, 0.3) is 0 Å². The first-order valence-electron chi connectivity index (χ1n) is 5.70. The standard InChI is InChI=1S/C12H14N4O3/c1-19-5-4-16-8-9(6-14-16)15-12(18)10-7-13-3-2-11(10)17/h2-3,6-8H,4-5H2,1H3,(H,13,17)(H,15,18). The molecule has 1 amide bonds. The quantitative estimate of drug-likeness (QED) is 0.819. The van der Waals surface area contributed by atoms with E-state index < -0.39 is 5.91 Å². The highest BCUT2D eigenvalue weighted by atomic mass is 16.5. The van der Waals surface area contributed by atoms with Gasteiger partial charge in [-0.2, -0.15) is 5.10 Å². The SMILES string of the molecule is COCCn1cc(NC(=O)c2c[nH]ccc2=O)cn1. The molecule has 2 rings (SSSR count). The molecule has 0 aliphatic heterocycles. The molecule has 2 N–H and O–H groups in total. The lowest BCUT2D eigenvalue weighted by atomic mass is 10.2. The number of ether oxygens (including phenoxy) is 1. The Morgan fingerprint density at radius 3 is 3.16 bits per heavy atom. The van der Waals surface area contributed by atoms with Crippen molar-refractivity contribution in [1.29, 1.82) is 0 Å². The molecule has 0 spiro atoms. The lowest BCUT2D eigenvalue weighted by molar-refractivity contribution is 0.102. The molecule has 2 heterocycles. The van der Waals surface area contributed by atoms with Gasteiger partial charge < -0.3 is 15.0 Å². The van der Waals surface area contributed by atoms with Crippen LogP contribution in [0.15, 0.2) is 35.6 Å². The zero-order chi connectivity index (χ0) is 13.7. The summed E-state index contributed by atoms with van der Waals surface area (Å²) in [6, 6.07) is 1.30. The maximum absolute atomic E-state index is 11.9. The van der Waals surface area contributed by atoms with Gasteiger partial charge in [0.15, 0.2) is 5.43 Å². The topological polar surface area (TPSA) is 89.0 Å². The van der Waals surface area contributed by atoms with E-state index in [2.05, 4.69) is 15.4 Å². The van der Waals surface area contributed by atoms with Crippen molar-refractivity contribution in [2.24, 2.45) is 0 Å². The number of rotatable bonds is 5. The van der Waals surface area contributed by atoms with E-state index in [1.165, 1.54) is 24.7 Å². The van der Waals surface area contributed by atoms with Gasteiger partial charge >= 0.3 is 0 Å². The zero-order valence-corrected chi connectivity index (χ0v) is 10.4. The van der Waals surface area contributed by atoms with E-state index in [0.29, 0.717) is 18.8 Å². The van der Waals surface area contributed by atoms with Crippen LogP contribution in [0.2, 0.25) is 0 Å². The molecule has 100 valence electrons. The van der Waals surface area contributed by atoms with Crippen LogP contribution in [0.4, 0.5) is 5.69 Å². The van der Waals surface area contributed by atoms with Gasteiger partial charge in [0, 0.05) is 31.8 Å². The van der Waals surface area contributed by atoms with Gasteiger partial charge in [-0.1, -0.05) is 0 Å². The van der Waals surface area contributed by atoms with Crippen molar-refractivity contribution in [2.45, 2.75) is 6.54 Å². The van der Waals surface area contributed by atoms with Gasteiger partial charge in [0.1, 0.15) is 5.56 Å². The summed E-state index contributed by atoms with van der Waals surface area (Å²) in [4.78, 5) is 26.0. The molecule has 0 fully saturated rings. The number of carbonyl (C=O) groups is 1. The van der Waals surface area contributed by atoms with E-state index in [0.717, 1.165) is 0 Å². The lowest BCUT2D eigenvalue weighted by Crippen LogP contribution is -2.20. The largest absolute Gasteiger partial charge is 0.383 e. The molecule has 19 heavy (non-hydrogen) atoms. The summed E-state index contributed by atoms with van der Waals surface area (Å²) in [6.07, 6.45) is 6.04. The van der Waals surface area contributed by atoms with Gasteiger partial charge in [-0.05, 0) is 0 Å². The van der Waals surface area contributed by atoms with Gasteiger partial charge in [0.25, 0.3) is 5.91 Å². The van der Waals surface area contributed by atoms with E-state index in [1.54, 1.807) is 18.0 Å². The number of aromatic amines is 1. The predicted octanol–water partition coefficient (Wildman–Crippen LogP) is 0.470. The van der Waals surface area contributed by atoms with E-state index in [4.69, 9.17) is 4.74 Å². The molecular formula is C12H14N4O3. The van der Waals surface area contributed by atoms with Gasteiger partial charge in [0.2, 0.25) is 0 Å². The summed E-state index contributed by atoms with van der Waals surface area (Å²) < 4.78 is 6.57. The summed E-state index contributed by atoms with van der Waals surface area (Å²) in [5, 5.41) is 6.67. The van der Waals surface area contributed by atoms with Crippen LogP contribution < -0.4 is 10.7 Å². The van der Waals surface area contributed by atoms with Crippen LogP contribution in [0.3, 0.4) is 0 Å². The maximum Gasteiger partial charge on any atom is 0.261 e. The summed E-state index contributed by atoms with van der Waals surface area (Å²) >= 11 is 0. The third-order valence-electron chi connectivity index (χ3n) is 2.48. The fourth-order valence-corrected chi connectivity index (χ4v) is 1.53. The summed E-state index contributed by atoms with van der Waals surface area (Å²) in [6.45, 7) is 1.13. The van der Waals surface area contributed by atoms with Gasteiger partial charge in [0.05, 0.1) is 25.0 Å². The van der Waals surface area contributed by atoms with Gasteiger partial charge in [-0.3, -0.25) is 14.3 Å². The first-order valence-corrected chi connectivity index (χ1v) is 5.70. The molecule has 0 bridgehead atoms. The smallest absolute Gasteiger partial charge is 0.261 e. The molecule has 0 unspecified atom stereocenters. The minimum atomic E-state index is -0.465. The molecule has 2 aromatic heterocycles. The number of nitrogens with one attached hydrogen (secondary N) is 2. The summed E-state index contributed by atoms with van der Waals surface area (Å²) in [5.41, 5.74) is 0.263. The Kier molecular flexibility index (Phi) is 4.09. The minimum absolute atomic E-state index is 0.0622. The Bertz CT molecular complexity index is 617. The second kappa shape index (κ2) is 5.96. The van der Waals surface area contributed by atoms with Crippen molar-refractivity contribution in [3.63, 3.8) is 0 Å². The van der Waals surface area contributed by atoms with Crippen molar-refractivity contribution < 1.29 is 9.53 Å². The Morgan fingerprint density at radius 2 is 2.42 bits per heavy atom. The highest BCUT2D eigenvalue weighted by Gasteiger charge is 2.10. The number of carbonyl (C=O) groups excluding carboxylic acids is 1. The molecular weight excluding hydrogens is 248 g/mol. The highest BCUT2D eigenvalue weighted by Crippen LogP contribution is 2.06. The third-order valence-corrected chi connectivity index (χ3v) is 2.48. The molecule has 0 radical (unpaired) electrons. The fraction of sp³-hybridized carbons (Fsp3) is 0.250. The first-order chi connectivity index (χ1) is 9.20. The van der Waals surface area contributed by atoms with Crippen LogP contribution in [-0.2, 0) is 11.3 Å². The summed E-state index contributed by atoms with van der Waals surface area (Å²) in [7, 11) is 1.61. The van der Waals surface area contributed by atoms with Crippen LogP contribution in [-0.4, -0.2) is 34.4 Å². The number of hydrogen-bond donors (Lipinski definition) is 2. The van der Waals surface area contributed by atoms with Gasteiger partial charge in [-0.25, -0.2) is 0 Å². The molecule has 0 atom stereocenters. The number of aromatic nitrogens is 3. The van der Waals surface area contributed by atoms with Gasteiger partial charge in [-0.15, -0.1) is 0 Å². The molecule has 0 aliphatic carbocycles. The lowest BCUT2D eigenvalue weighted by Gasteiger charge is -2.01. The minimum Gasteiger partial charge on any atom is -0.383 e. The van der Waals surface area contributed by atoms with E-state index in [9.17, 15) is 9.59 Å². The van der Waals surface area contributed by atoms with E-state index in [-0.39, 0.29) is 11.0 Å². The second-order valence-electron chi connectivity index (χ2n) is 3.86. The number of H-pyrrole nitrogens is 1. The third kappa shape index (κ3) is 3.29. The van der Waals surface area contributed by atoms with Crippen molar-refractivity contribution >= 4 is 11.6 Å². The molecule has 7 heteroatoms. The van der Waals surface area contributed by atoms with E-state index >= 15 is 0 Å². The molecule has 0 aliphatic rings. The van der Waals surface area contributed by atoms with Crippen molar-refractivity contribution in [3.05, 3.63) is 46.6 Å². The number of hydrogen-bond acceptors (Lipinski definition) is 4. The molecule has 0 aromatic carbocycles. The average molecular weight is 262 g/mol. The number of methoxy groups -OCH3 is 1. The van der Waals surface area contributed by atoms with Crippen molar-refractivity contribution in [2.75, 3.05) is 19.0 Å². The Labute approximate surface area is 109 Å². The van der Waals surface area contributed by atoms with Crippen LogP contribution in [0, 0.1) is 0 Å². The normalized spacial score (nSPS) is 10.4. The van der Waals surface area contributed by atoms with Crippen LogP contribution in [0.1, 0.15) is 10.4 Å². The zero-order valence-electron chi connectivity index (χ0n) is 10.4. The van der Waals surface area contributed by atoms with Crippen LogP contribution in [0.5, 0.6) is 0 Å². The van der Waals surface area contributed by atoms with Crippen molar-refractivity contribution in [1.82, 2.24) is 14.8 Å². The number of anilines is 1. The highest BCUT2D eigenvalue weighted by molar-refractivity contribution is 6.03. The Morgan fingerprint density at radius 1 is 1.58 bits per heavy atom. The van der Waals surface area contributed by atoms with E-state index in [1.807, 2.05) is 0 Å². The van der Waals surface area contributed by atoms with Crippen molar-refractivity contribution in [3.8, 4) is 0 Å². The Hall–Kier alpha value is -2.41. The average Bonchev–Trinajstić information content (AvgIpc) is 2.84. The molecule has 7 nitrogen and oxygen atoms in total. The molecule has 2 aromatic rings. The number of amides is 1. The maximum atomic E-state index is 11.9. The number of pyridine rings is 1.